The van der Waals surface area contributed by atoms with Crippen molar-refractivity contribution in [1.82, 2.24) is 0 Å². The molecule has 76 valence electrons. The van der Waals surface area contributed by atoms with Gasteiger partial charge in [-0.1, -0.05) is 28.1 Å². The van der Waals surface area contributed by atoms with Crippen LogP contribution in [0.15, 0.2) is 28.7 Å². The fourth-order valence-corrected chi connectivity index (χ4v) is 2.21. The first-order chi connectivity index (χ1) is 6.84. The molecule has 1 saturated heterocycles. The van der Waals surface area contributed by atoms with Gasteiger partial charge >= 0.3 is 0 Å². The Hall–Kier alpha value is -0.380. The molecule has 3 heteroatoms. The summed E-state index contributed by atoms with van der Waals surface area (Å²) < 4.78 is 1.17. The van der Waals surface area contributed by atoms with Crippen molar-refractivity contribution in [3.05, 3.63) is 34.3 Å². The normalized spacial score (nSPS) is 18.4. The van der Waals surface area contributed by atoms with Crippen LogP contribution in [0.25, 0.3) is 0 Å². The third kappa shape index (κ3) is 2.80. The van der Waals surface area contributed by atoms with E-state index in [4.69, 9.17) is 0 Å². The lowest BCUT2D eigenvalue weighted by Gasteiger charge is -2.22. The average molecular weight is 257 g/mol. The van der Waals surface area contributed by atoms with E-state index in [0.29, 0.717) is 0 Å². The van der Waals surface area contributed by atoms with Crippen molar-refractivity contribution >= 4 is 15.9 Å². The maximum absolute atomic E-state index is 3.46. The first kappa shape index (κ1) is 10.1. The summed E-state index contributed by atoms with van der Waals surface area (Å²) in [6.45, 7) is 6.35. The van der Waals surface area contributed by atoms with Crippen LogP contribution in [-0.4, -0.2) is 26.2 Å². The highest BCUT2D eigenvalue weighted by Gasteiger charge is 2.15. The standard InChI is InChI=1S/C11H15BrN2/c12-11-3-1-10(2-4-11)9-14-7-5-13-6-8-14/h1-4,13H,5-9H2/p+2. The summed E-state index contributed by atoms with van der Waals surface area (Å²) in [6.07, 6.45) is 0. The van der Waals surface area contributed by atoms with Gasteiger partial charge in [-0.2, -0.15) is 0 Å². The molecule has 0 aromatic heterocycles. The van der Waals surface area contributed by atoms with E-state index in [2.05, 4.69) is 45.5 Å². The maximum Gasteiger partial charge on any atom is 0.127 e. The van der Waals surface area contributed by atoms with Crippen LogP contribution in [0.4, 0.5) is 0 Å². The Kier molecular flexibility index (Phi) is 3.56. The average Bonchev–Trinajstić information content (AvgIpc) is 2.23. The Balaban J connectivity index is 1.92. The minimum atomic E-state index is 1.17. The van der Waals surface area contributed by atoms with E-state index in [0.717, 1.165) is 0 Å². The van der Waals surface area contributed by atoms with Gasteiger partial charge in [-0.15, -0.1) is 0 Å². The second kappa shape index (κ2) is 4.91. The van der Waals surface area contributed by atoms with E-state index in [-0.39, 0.29) is 0 Å². The van der Waals surface area contributed by atoms with Gasteiger partial charge in [0.1, 0.15) is 32.7 Å². The molecule has 0 unspecified atom stereocenters. The van der Waals surface area contributed by atoms with E-state index in [9.17, 15) is 0 Å². The lowest BCUT2D eigenvalue weighted by molar-refractivity contribution is -0.958. The maximum atomic E-state index is 3.46. The van der Waals surface area contributed by atoms with Gasteiger partial charge in [0.2, 0.25) is 0 Å². The highest BCUT2D eigenvalue weighted by atomic mass is 79.9. The number of hydrogen-bond acceptors (Lipinski definition) is 0. The zero-order valence-corrected chi connectivity index (χ0v) is 9.89. The van der Waals surface area contributed by atoms with Crippen LogP contribution in [0.5, 0.6) is 0 Å². The van der Waals surface area contributed by atoms with Crippen molar-refractivity contribution in [2.75, 3.05) is 26.2 Å². The number of hydrogen-bond donors (Lipinski definition) is 2. The molecule has 0 radical (unpaired) electrons. The van der Waals surface area contributed by atoms with Crippen LogP contribution in [0.2, 0.25) is 0 Å². The zero-order valence-electron chi connectivity index (χ0n) is 8.30. The largest absolute Gasteiger partial charge is 0.337 e. The minimum Gasteiger partial charge on any atom is -0.337 e. The number of nitrogens with one attached hydrogen (secondary N) is 1. The van der Waals surface area contributed by atoms with Gasteiger partial charge in [-0.05, 0) is 12.1 Å². The number of benzene rings is 1. The molecule has 0 atom stereocenters. The molecule has 14 heavy (non-hydrogen) atoms. The quantitative estimate of drug-likeness (QED) is 0.707. The van der Waals surface area contributed by atoms with Crippen LogP contribution < -0.4 is 10.2 Å². The summed E-state index contributed by atoms with van der Waals surface area (Å²) in [5.74, 6) is 0. The third-order valence-corrected chi connectivity index (χ3v) is 3.30. The van der Waals surface area contributed by atoms with Crippen LogP contribution in [-0.2, 0) is 6.54 Å². The van der Waals surface area contributed by atoms with E-state index in [1.54, 1.807) is 4.90 Å². The van der Waals surface area contributed by atoms with Crippen LogP contribution in [0, 0.1) is 0 Å². The summed E-state index contributed by atoms with van der Waals surface area (Å²) in [4.78, 5) is 1.72. The molecule has 1 aliphatic rings. The summed E-state index contributed by atoms with van der Waals surface area (Å²) in [5.41, 5.74) is 1.45. The van der Waals surface area contributed by atoms with Crippen molar-refractivity contribution < 1.29 is 10.2 Å². The molecule has 1 fully saturated rings. The molecule has 2 rings (SSSR count). The van der Waals surface area contributed by atoms with E-state index in [1.807, 2.05) is 0 Å². The van der Waals surface area contributed by atoms with E-state index >= 15 is 0 Å². The van der Waals surface area contributed by atoms with Crippen molar-refractivity contribution in [2.45, 2.75) is 6.54 Å². The van der Waals surface area contributed by atoms with Crippen LogP contribution >= 0.6 is 15.9 Å². The lowest BCUT2D eigenvalue weighted by Crippen LogP contribution is -3.19. The topological polar surface area (TPSA) is 21.1 Å². The number of nitrogens with two attached hydrogens (primary N) is 1. The molecule has 0 saturated carbocycles. The van der Waals surface area contributed by atoms with Gasteiger partial charge in [0.25, 0.3) is 0 Å². The molecule has 0 aliphatic carbocycles. The van der Waals surface area contributed by atoms with Crippen molar-refractivity contribution in [3.63, 3.8) is 0 Å². The first-order valence-corrected chi connectivity index (χ1v) is 6.03. The Labute approximate surface area is 93.4 Å². The molecule has 2 nitrogen and oxygen atoms in total. The summed E-state index contributed by atoms with van der Waals surface area (Å²) in [5, 5.41) is 2.41. The van der Waals surface area contributed by atoms with Gasteiger partial charge in [-0.3, -0.25) is 0 Å². The van der Waals surface area contributed by atoms with E-state index < -0.39 is 0 Å². The molecule has 1 aliphatic heterocycles. The molecular formula is C11H17BrN2+2. The predicted molar refractivity (Wildman–Crippen MR) is 60.2 cm³/mol. The number of halogens is 1. The Bertz CT molecular complexity index is 278. The smallest absolute Gasteiger partial charge is 0.127 e. The molecule has 0 bridgehead atoms. The highest BCUT2D eigenvalue weighted by Crippen LogP contribution is 2.09. The van der Waals surface area contributed by atoms with Crippen molar-refractivity contribution in [1.29, 1.82) is 0 Å². The predicted octanol–water partition coefficient (Wildman–Crippen LogP) is -0.589. The molecule has 3 N–H and O–H groups in total. The lowest BCUT2D eigenvalue weighted by atomic mass is 10.2. The number of piperazine rings is 1. The fraction of sp³-hybridized carbons (Fsp3) is 0.455. The van der Waals surface area contributed by atoms with Gasteiger partial charge in [-0.25, -0.2) is 0 Å². The third-order valence-electron chi connectivity index (χ3n) is 2.77. The second-order valence-corrected chi connectivity index (χ2v) is 4.83. The van der Waals surface area contributed by atoms with Gasteiger partial charge < -0.3 is 10.2 Å². The minimum absolute atomic E-state index is 1.17. The molecule has 1 aromatic carbocycles. The molecule has 0 amide bonds. The Morgan fingerprint density at radius 2 is 1.79 bits per heavy atom. The summed E-state index contributed by atoms with van der Waals surface area (Å²) in [7, 11) is 0. The first-order valence-electron chi connectivity index (χ1n) is 5.24. The number of quaternary nitrogens is 2. The van der Waals surface area contributed by atoms with Gasteiger partial charge in [0.05, 0.1) is 0 Å². The summed E-state index contributed by atoms with van der Waals surface area (Å²) >= 11 is 3.46. The van der Waals surface area contributed by atoms with Crippen LogP contribution in [0.3, 0.4) is 0 Å². The van der Waals surface area contributed by atoms with Gasteiger partial charge in [0.15, 0.2) is 0 Å². The van der Waals surface area contributed by atoms with E-state index in [1.165, 1.54) is 42.8 Å². The molecule has 0 spiro atoms. The Morgan fingerprint density at radius 1 is 1.14 bits per heavy atom. The molecular weight excluding hydrogens is 240 g/mol. The zero-order chi connectivity index (χ0) is 9.80. The molecule has 1 heterocycles. The summed E-state index contributed by atoms with van der Waals surface area (Å²) in [6, 6.07) is 8.69. The number of rotatable bonds is 2. The second-order valence-electron chi connectivity index (χ2n) is 3.92. The SMILES string of the molecule is Brc1ccc(C[NH+]2CC[NH2+]CC2)cc1. The Morgan fingerprint density at radius 3 is 2.43 bits per heavy atom. The highest BCUT2D eigenvalue weighted by molar-refractivity contribution is 9.10. The molecule has 1 aromatic rings. The fourth-order valence-electron chi connectivity index (χ4n) is 1.95. The van der Waals surface area contributed by atoms with Gasteiger partial charge in [0, 0.05) is 10.0 Å². The van der Waals surface area contributed by atoms with Crippen molar-refractivity contribution in [2.24, 2.45) is 0 Å². The van der Waals surface area contributed by atoms with Crippen LogP contribution in [0.1, 0.15) is 5.56 Å². The monoisotopic (exact) mass is 256 g/mol. The van der Waals surface area contributed by atoms with Crippen molar-refractivity contribution in [3.8, 4) is 0 Å².